The van der Waals surface area contributed by atoms with Crippen LogP contribution in [0, 0.1) is 0 Å². The van der Waals surface area contributed by atoms with E-state index in [1.54, 1.807) is 0 Å². The van der Waals surface area contributed by atoms with Crippen LogP contribution in [0.2, 0.25) is 0 Å². The Balaban J connectivity index is 1.78. The van der Waals surface area contributed by atoms with Crippen molar-refractivity contribution in [2.45, 2.75) is 62.5 Å². The summed E-state index contributed by atoms with van der Waals surface area (Å²) >= 11 is 3.77. The molecule has 0 saturated carbocycles. The Bertz CT molecular complexity index is 196. The molecule has 0 amide bonds. The van der Waals surface area contributed by atoms with Crippen molar-refractivity contribution in [2.75, 3.05) is 13.2 Å². The van der Waals surface area contributed by atoms with Crippen LogP contribution in [-0.2, 0) is 4.74 Å². The monoisotopic (exact) mass is 275 g/mol. The van der Waals surface area contributed by atoms with E-state index in [9.17, 15) is 0 Å². The van der Waals surface area contributed by atoms with Gasteiger partial charge in [-0.05, 0) is 39.5 Å². The molecule has 2 nitrogen and oxygen atoms in total. The lowest BCUT2D eigenvalue weighted by molar-refractivity contribution is 0.0384. The smallest absolute Gasteiger partial charge is 0.0597 e. The van der Waals surface area contributed by atoms with E-state index < -0.39 is 0 Å². The normalized spacial score (nSPS) is 36.4. The first-order valence-electron chi connectivity index (χ1n) is 6.18. The van der Waals surface area contributed by atoms with E-state index in [0.717, 1.165) is 30.1 Å². The summed E-state index contributed by atoms with van der Waals surface area (Å²) in [5, 5.41) is 0. The summed E-state index contributed by atoms with van der Waals surface area (Å²) in [5.41, 5.74) is 0. The van der Waals surface area contributed by atoms with Crippen LogP contribution in [0.4, 0.5) is 0 Å². The minimum atomic E-state index is 0.372. The fraction of sp³-hybridized carbons (Fsp3) is 1.00. The van der Waals surface area contributed by atoms with Crippen LogP contribution < -0.4 is 0 Å². The van der Waals surface area contributed by atoms with E-state index in [0.29, 0.717) is 6.10 Å². The van der Waals surface area contributed by atoms with Crippen molar-refractivity contribution in [1.29, 1.82) is 0 Å². The lowest BCUT2D eigenvalue weighted by Crippen LogP contribution is -2.44. The number of fused-ring (bicyclic) bond motifs is 2. The summed E-state index contributed by atoms with van der Waals surface area (Å²) < 4.78 is 5.64. The van der Waals surface area contributed by atoms with Crippen molar-refractivity contribution < 1.29 is 4.74 Å². The third-order valence-corrected chi connectivity index (χ3v) is 4.38. The number of rotatable bonds is 4. The predicted molar refractivity (Wildman–Crippen MR) is 66.6 cm³/mol. The minimum Gasteiger partial charge on any atom is -0.377 e. The lowest BCUT2D eigenvalue weighted by Gasteiger charge is -2.37. The quantitative estimate of drug-likeness (QED) is 0.732. The minimum absolute atomic E-state index is 0.372. The summed E-state index contributed by atoms with van der Waals surface area (Å²) in [4.78, 5) is 3.44. The molecule has 2 fully saturated rings. The van der Waals surface area contributed by atoms with Crippen LogP contribution in [0.3, 0.4) is 0 Å². The largest absolute Gasteiger partial charge is 0.377 e. The molecule has 0 spiro atoms. The zero-order valence-corrected chi connectivity index (χ0v) is 11.4. The first kappa shape index (κ1) is 11.9. The number of halogens is 1. The topological polar surface area (TPSA) is 12.5 Å². The molecular weight excluding hydrogens is 254 g/mol. The van der Waals surface area contributed by atoms with Crippen LogP contribution in [0.15, 0.2) is 0 Å². The molecule has 2 unspecified atom stereocenters. The number of hydrogen-bond acceptors (Lipinski definition) is 2. The van der Waals surface area contributed by atoms with Gasteiger partial charge in [0.1, 0.15) is 0 Å². The lowest BCUT2D eigenvalue weighted by atomic mass is 10.0. The maximum Gasteiger partial charge on any atom is 0.0597 e. The van der Waals surface area contributed by atoms with Crippen LogP contribution in [0.1, 0.15) is 39.5 Å². The van der Waals surface area contributed by atoms with Crippen molar-refractivity contribution in [2.24, 2.45) is 0 Å². The molecule has 2 bridgehead atoms. The molecule has 0 aromatic rings. The van der Waals surface area contributed by atoms with Gasteiger partial charge in [0.15, 0.2) is 0 Å². The maximum absolute atomic E-state index is 5.64. The van der Waals surface area contributed by atoms with E-state index in [-0.39, 0.29) is 0 Å². The van der Waals surface area contributed by atoms with Gasteiger partial charge in [-0.1, -0.05) is 15.9 Å². The molecule has 2 saturated heterocycles. The Hall–Kier alpha value is 0.400. The third-order valence-electron chi connectivity index (χ3n) is 3.63. The average Bonchev–Trinajstić information content (AvgIpc) is 2.42. The Morgan fingerprint density at radius 2 is 1.87 bits per heavy atom. The summed E-state index contributed by atoms with van der Waals surface area (Å²) in [7, 11) is 0. The van der Waals surface area contributed by atoms with Crippen molar-refractivity contribution in [1.82, 2.24) is 4.90 Å². The van der Waals surface area contributed by atoms with Crippen molar-refractivity contribution in [3.63, 3.8) is 0 Å². The molecule has 0 radical (unpaired) electrons. The zero-order valence-electron chi connectivity index (χ0n) is 9.79. The SMILES string of the molecule is CC(C)OCCN1C2CCC1CC(Br)C2. The van der Waals surface area contributed by atoms with Gasteiger partial charge >= 0.3 is 0 Å². The third kappa shape index (κ3) is 2.95. The maximum atomic E-state index is 5.64. The number of nitrogens with zero attached hydrogens (tertiary/aromatic N) is 1. The number of piperidine rings is 1. The molecule has 0 aromatic carbocycles. The molecule has 15 heavy (non-hydrogen) atoms. The highest BCUT2D eigenvalue weighted by Gasteiger charge is 2.39. The molecular formula is C12H22BrNO. The average molecular weight is 276 g/mol. The van der Waals surface area contributed by atoms with E-state index in [1.165, 1.54) is 25.7 Å². The van der Waals surface area contributed by atoms with E-state index in [4.69, 9.17) is 4.74 Å². The number of alkyl halides is 1. The van der Waals surface area contributed by atoms with Crippen LogP contribution in [0.25, 0.3) is 0 Å². The first-order valence-corrected chi connectivity index (χ1v) is 7.10. The van der Waals surface area contributed by atoms with Gasteiger partial charge in [-0.2, -0.15) is 0 Å². The number of hydrogen-bond donors (Lipinski definition) is 0. The van der Waals surface area contributed by atoms with Gasteiger partial charge in [0.05, 0.1) is 12.7 Å². The van der Waals surface area contributed by atoms with Gasteiger partial charge in [-0.25, -0.2) is 0 Å². The number of ether oxygens (including phenoxy) is 1. The van der Waals surface area contributed by atoms with Gasteiger partial charge in [0.25, 0.3) is 0 Å². The van der Waals surface area contributed by atoms with Crippen molar-refractivity contribution >= 4 is 15.9 Å². The Morgan fingerprint density at radius 3 is 2.40 bits per heavy atom. The molecule has 2 aliphatic heterocycles. The van der Waals surface area contributed by atoms with Crippen molar-refractivity contribution in [3.8, 4) is 0 Å². The van der Waals surface area contributed by atoms with Gasteiger partial charge in [-0.3, -0.25) is 4.90 Å². The molecule has 2 heterocycles. The highest BCUT2D eigenvalue weighted by atomic mass is 79.9. The Labute approximate surface area is 101 Å². The van der Waals surface area contributed by atoms with Crippen molar-refractivity contribution in [3.05, 3.63) is 0 Å². The second-order valence-electron chi connectivity index (χ2n) is 5.11. The molecule has 0 aromatic heterocycles. The van der Waals surface area contributed by atoms with Crippen LogP contribution in [0.5, 0.6) is 0 Å². The van der Waals surface area contributed by atoms with E-state index >= 15 is 0 Å². The standard InChI is InChI=1S/C12H22BrNO/c1-9(2)15-6-5-14-11-3-4-12(14)8-10(13)7-11/h9-12H,3-8H2,1-2H3. The molecule has 2 atom stereocenters. The second-order valence-corrected chi connectivity index (χ2v) is 6.41. The van der Waals surface area contributed by atoms with Gasteiger partial charge in [0.2, 0.25) is 0 Å². The molecule has 2 aliphatic rings. The fourth-order valence-corrected chi connectivity index (χ4v) is 3.83. The molecule has 3 heteroatoms. The molecule has 88 valence electrons. The highest BCUT2D eigenvalue weighted by Crippen LogP contribution is 2.37. The highest BCUT2D eigenvalue weighted by molar-refractivity contribution is 9.09. The summed E-state index contributed by atoms with van der Waals surface area (Å²) in [6, 6.07) is 1.65. The van der Waals surface area contributed by atoms with Gasteiger partial charge in [0, 0.05) is 23.5 Å². The van der Waals surface area contributed by atoms with E-state index in [1.807, 2.05) is 0 Å². The zero-order chi connectivity index (χ0) is 10.8. The van der Waals surface area contributed by atoms with Gasteiger partial charge in [-0.15, -0.1) is 0 Å². The second kappa shape index (κ2) is 5.15. The van der Waals surface area contributed by atoms with Gasteiger partial charge < -0.3 is 4.74 Å². The fourth-order valence-electron chi connectivity index (χ4n) is 2.97. The van der Waals surface area contributed by atoms with Crippen LogP contribution in [-0.4, -0.2) is 41.1 Å². The molecule has 0 aliphatic carbocycles. The Morgan fingerprint density at radius 1 is 1.27 bits per heavy atom. The summed E-state index contributed by atoms with van der Waals surface area (Å²) in [5.74, 6) is 0. The predicted octanol–water partition coefficient (Wildman–Crippen LogP) is 2.80. The van der Waals surface area contributed by atoms with E-state index in [2.05, 4.69) is 34.7 Å². The Kier molecular flexibility index (Phi) is 4.08. The molecule has 0 N–H and O–H groups in total. The summed E-state index contributed by atoms with van der Waals surface area (Å²) in [6.07, 6.45) is 5.83. The first-order chi connectivity index (χ1) is 7.16. The summed E-state index contributed by atoms with van der Waals surface area (Å²) in [6.45, 7) is 6.25. The molecule has 2 rings (SSSR count). The van der Waals surface area contributed by atoms with Crippen LogP contribution >= 0.6 is 15.9 Å².